The molecule has 0 aliphatic rings. The fourth-order valence-electron chi connectivity index (χ4n) is 1.41. The van der Waals surface area contributed by atoms with Crippen LogP contribution in [0.3, 0.4) is 0 Å². The van der Waals surface area contributed by atoms with Crippen LogP contribution in [0.5, 0.6) is 5.75 Å². The first kappa shape index (κ1) is 12.1. The normalized spacial score (nSPS) is 12.5. The number of ether oxygens (including phenoxy) is 1. The van der Waals surface area contributed by atoms with Crippen LogP contribution in [0.25, 0.3) is 5.69 Å². The van der Waals surface area contributed by atoms with Crippen molar-refractivity contribution < 1.29 is 4.74 Å². The largest absolute Gasteiger partial charge is 0.495 e. The van der Waals surface area contributed by atoms with Crippen molar-refractivity contribution in [2.24, 2.45) is 0 Å². The van der Waals surface area contributed by atoms with Crippen LogP contribution in [0.4, 0.5) is 0 Å². The number of hydrogen-bond donors (Lipinski definition) is 0. The van der Waals surface area contributed by atoms with Crippen molar-refractivity contribution in [1.29, 1.82) is 0 Å². The first-order valence-electron chi connectivity index (χ1n) is 4.89. The van der Waals surface area contributed by atoms with Gasteiger partial charge in [0.15, 0.2) is 5.82 Å². The van der Waals surface area contributed by atoms with Gasteiger partial charge in [0.2, 0.25) is 0 Å². The predicted octanol–water partition coefficient (Wildman–Crippen LogP) is 2.62. The number of nitrogens with zero attached hydrogens (tertiary/aromatic N) is 4. The van der Waals surface area contributed by atoms with Crippen LogP contribution in [-0.4, -0.2) is 27.3 Å². The van der Waals surface area contributed by atoms with Crippen LogP contribution in [0.1, 0.15) is 18.1 Å². The molecule has 1 atom stereocenters. The molecule has 0 aliphatic heterocycles. The quantitative estimate of drug-likeness (QED) is 0.807. The molecule has 0 fully saturated rings. The summed E-state index contributed by atoms with van der Waals surface area (Å²) in [7, 11) is 1.56. The van der Waals surface area contributed by atoms with E-state index in [0.717, 1.165) is 5.69 Å². The SMILES string of the molecule is COc1ccc(-n2nnnc2C(C)Cl)cc1Cl. The zero-order valence-corrected chi connectivity index (χ0v) is 10.8. The number of benzene rings is 1. The molecule has 2 rings (SSSR count). The van der Waals surface area contributed by atoms with E-state index in [1.165, 1.54) is 0 Å². The lowest BCUT2D eigenvalue weighted by atomic mass is 10.3. The number of aromatic nitrogens is 4. The maximum absolute atomic E-state index is 6.04. The van der Waals surface area contributed by atoms with Crippen LogP contribution >= 0.6 is 23.2 Å². The van der Waals surface area contributed by atoms with Gasteiger partial charge in [-0.1, -0.05) is 11.6 Å². The van der Waals surface area contributed by atoms with Crippen LogP contribution in [-0.2, 0) is 0 Å². The summed E-state index contributed by atoms with van der Waals surface area (Å²) in [5.41, 5.74) is 0.739. The van der Waals surface area contributed by atoms with E-state index in [-0.39, 0.29) is 5.38 Å². The minimum atomic E-state index is -0.286. The van der Waals surface area contributed by atoms with Gasteiger partial charge in [-0.05, 0) is 35.5 Å². The highest BCUT2D eigenvalue weighted by molar-refractivity contribution is 6.32. The fraction of sp³-hybridized carbons (Fsp3) is 0.300. The van der Waals surface area contributed by atoms with Gasteiger partial charge in [-0.15, -0.1) is 16.7 Å². The first-order valence-corrected chi connectivity index (χ1v) is 5.71. The first-order chi connectivity index (χ1) is 8.13. The molecule has 0 spiro atoms. The molecule has 1 unspecified atom stereocenters. The van der Waals surface area contributed by atoms with Gasteiger partial charge in [0.25, 0.3) is 0 Å². The Labute approximate surface area is 108 Å². The molecule has 2 aromatic rings. The maximum atomic E-state index is 6.04. The van der Waals surface area contributed by atoms with Crippen molar-refractivity contribution in [2.45, 2.75) is 12.3 Å². The molecule has 1 aromatic heterocycles. The maximum Gasteiger partial charge on any atom is 0.174 e. The summed E-state index contributed by atoms with van der Waals surface area (Å²) in [6, 6.07) is 5.28. The number of hydrogen-bond acceptors (Lipinski definition) is 4. The topological polar surface area (TPSA) is 52.8 Å². The molecule has 0 bridgehead atoms. The molecule has 0 amide bonds. The molecule has 0 N–H and O–H groups in total. The van der Waals surface area contributed by atoms with Crippen LogP contribution in [0.15, 0.2) is 18.2 Å². The number of halogens is 2. The molecule has 0 radical (unpaired) electrons. The number of alkyl halides is 1. The van der Waals surface area contributed by atoms with Crippen LogP contribution in [0, 0.1) is 0 Å². The number of methoxy groups -OCH3 is 1. The third-order valence-electron chi connectivity index (χ3n) is 2.23. The molecule has 1 aromatic carbocycles. The van der Waals surface area contributed by atoms with Crippen molar-refractivity contribution in [3.05, 3.63) is 29.0 Å². The van der Waals surface area contributed by atoms with Crippen LogP contribution in [0.2, 0.25) is 5.02 Å². The predicted molar refractivity (Wildman–Crippen MR) is 65.0 cm³/mol. The summed E-state index contributed by atoms with van der Waals surface area (Å²) in [6.07, 6.45) is 0. The van der Waals surface area contributed by atoms with E-state index >= 15 is 0 Å². The molecule has 5 nitrogen and oxygen atoms in total. The highest BCUT2D eigenvalue weighted by atomic mass is 35.5. The molecule has 1 heterocycles. The molecule has 7 heteroatoms. The molecule has 90 valence electrons. The second-order valence-electron chi connectivity index (χ2n) is 3.38. The highest BCUT2D eigenvalue weighted by Gasteiger charge is 2.14. The second kappa shape index (κ2) is 4.89. The fourth-order valence-corrected chi connectivity index (χ4v) is 1.80. The third kappa shape index (κ3) is 2.35. The highest BCUT2D eigenvalue weighted by Crippen LogP contribution is 2.27. The summed E-state index contributed by atoms with van der Waals surface area (Å²) in [5, 5.41) is 11.5. The monoisotopic (exact) mass is 272 g/mol. The van der Waals surface area contributed by atoms with Gasteiger partial charge in [-0.2, -0.15) is 4.68 Å². The van der Waals surface area contributed by atoms with Crippen LogP contribution < -0.4 is 4.74 Å². The van der Waals surface area contributed by atoms with Gasteiger partial charge in [0, 0.05) is 0 Å². The number of tetrazole rings is 1. The van der Waals surface area contributed by atoms with Crippen molar-refractivity contribution in [1.82, 2.24) is 20.2 Å². The van der Waals surface area contributed by atoms with Gasteiger partial charge in [0.05, 0.1) is 23.2 Å². The van der Waals surface area contributed by atoms with Crippen molar-refractivity contribution >= 4 is 23.2 Å². The minimum absolute atomic E-state index is 0.286. The van der Waals surface area contributed by atoms with Crippen molar-refractivity contribution in [3.63, 3.8) is 0 Å². The van der Waals surface area contributed by atoms with E-state index in [0.29, 0.717) is 16.6 Å². The molecule has 0 saturated heterocycles. The Bertz CT molecular complexity index is 527. The van der Waals surface area contributed by atoms with Gasteiger partial charge in [-0.3, -0.25) is 0 Å². The summed E-state index contributed by atoms with van der Waals surface area (Å²) in [4.78, 5) is 0. The lowest BCUT2D eigenvalue weighted by Crippen LogP contribution is -2.03. The average molecular weight is 273 g/mol. The average Bonchev–Trinajstić information content (AvgIpc) is 2.77. The van der Waals surface area contributed by atoms with E-state index in [2.05, 4.69) is 15.5 Å². The Kier molecular flexibility index (Phi) is 3.49. The van der Waals surface area contributed by atoms with Gasteiger partial charge in [-0.25, -0.2) is 0 Å². The standard InChI is InChI=1S/C10H10Cl2N4O/c1-6(11)10-13-14-15-16(10)7-3-4-9(17-2)8(12)5-7/h3-6H,1-2H3. The van der Waals surface area contributed by atoms with E-state index in [9.17, 15) is 0 Å². The van der Waals surface area contributed by atoms with Gasteiger partial charge >= 0.3 is 0 Å². The lowest BCUT2D eigenvalue weighted by Gasteiger charge is -2.08. The van der Waals surface area contributed by atoms with Gasteiger partial charge in [0.1, 0.15) is 5.75 Å². The Morgan fingerprint density at radius 3 is 2.76 bits per heavy atom. The Morgan fingerprint density at radius 1 is 1.41 bits per heavy atom. The summed E-state index contributed by atoms with van der Waals surface area (Å²) >= 11 is 12.0. The van der Waals surface area contributed by atoms with E-state index in [1.54, 1.807) is 30.8 Å². The molecule has 0 aliphatic carbocycles. The summed E-state index contributed by atoms with van der Waals surface area (Å²) in [5.74, 6) is 1.16. The lowest BCUT2D eigenvalue weighted by molar-refractivity contribution is 0.415. The Balaban J connectivity index is 2.46. The van der Waals surface area contributed by atoms with Crippen molar-refractivity contribution in [3.8, 4) is 11.4 Å². The molecule has 17 heavy (non-hydrogen) atoms. The zero-order valence-electron chi connectivity index (χ0n) is 9.26. The molecule has 0 saturated carbocycles. The minimum Gasteiger partial charge on any atom is -0.495 e. The smallest absolute Gasteiger partial charge is 0.174 e. The zero-order chi connectivity index (χ0) is 12.4. The Hall–Kier alpha value is -1.33. The summed E-state index contributed by atoms with van der Waals surface area (Å²) in [6.45, 7) is 1.80. The molecular weight excluding hydrogens is 263 g/mol. The second-order valence-corrected chi connectivity index (χ2v) is 4.45. The van der Waals surface area contributed by atoms with E-state index in [4.69, 9.17) is 27.9 Å². The van der Waals surface area contributed by atoms with Crippen molar-refractivity contribution in [2.75, 3.05) is 7.11 Å². The Morgan fingerprint density at radius 2 is 2.18 bits per heavy atom. The van der Waals surface area contributed by atoms with E-state index in [1.807, 2.05) is 6.07 Å². The third-order valence-corrected chi connectivity index (χ3v) is 2.72. The summed E-state index contributed by atoms with van der Waals surface area (Å²) < 4.78 is 6.62. The van der Waals surface area contributed by atoms with Gasteiger partial charge < -0.3 is 4.74 Å². The number of rotatable bonds is 3. The van der Waals surface area contributed by atoms with E-state index < -0.39 is 0 Å². The molecular formula is C10H10Cl2N4O.